The molecular formula is C17H28N2. The molecule has 1 aromatic rings. The maximum atomic E-state index is 3.55. The van der Waals surface area contributed by atoms with Crippen LogP contribution in [-0.4, -0.2) is 19.1 Å². The van der Waals surface area contributed by atoms with Crippen molar-refractivity contribution in [3.63, 3.8) is 0 Å². The highest BCUT2D eigenvalue weighted by molar-refractivity contribution is 5.22. The van der Waals surface area contributed by atoms with E-state index in [0.717, 1.165) is 25.0 Å². The van der Waals surface area contributed by atoms with Gasteiger partial charge in [-0.15, -0.1) is 0 Å². The van der Waals surface area contributed by atoms with E-state index in [9.17, 15) is 0 Å². The molecule has 0 saturated carbocycles. The Hall–Kier alpha value is -0.860. The first kappa shape index (κ1) is 14.5. The van der Waals surface area contributed by atoms with Gasteiger partial charge in [-0.05, 0) is 55.8 Å². The van der Waals surface area contributed by atoms with E-state index in [1.165, 1.54) is 43.4 Å². The molecular weight excluding hydrogens is 232 g/mol. The van der Waals surface area contributed by atoms with Crippen molar-refractivity contribution in [2.24, 2.45) is 5.92 Å². The Morgan fingerprint density at radius 1 is 1.21 bits per heavy atom. The number of benzene rings is 1. The summed E-state index contributed by atoms with van der Waals surface area (Å²) < 4.78 is 0. The molecule has 1 aliphatic heterocycles. The zero-order valence-electron chi connectivity index (χ0n) is 12.4. The van der Waals surface area contributed by atoms with E-state index in [0.29, 0.717) is 0 Å². The lowest BCUT2D eigenvalue weighted by Gasteiger charge is -2.11. The van der Waals surface area contributed by atoms with Crippen LogP contribution in [0.4, 0.5) is 0 Å². The molecule has 1 atom stereocenters. The molecule has 106 valence electrons. The van der Waals surface area contributed by atoms with Crippen LogP contribution in [0.3, 0.4) is 0 Å². The molecule has 2 heteroatoms. The van der Waals surface area contributed by atoms with Gasteiger partial charge in [-0.3, -0.25) is 0 Å². The lowest BCUT2D eigenvalue weighted by Crippen LogP contribution is -2.26. The van der Waals surface area contributed by atoms with Crippen LogP contribution in [0.2, 0.25) is 0 Å². The number of hydrogen-bond donors (Lipinski definition) is 2. The van der Waals surface area contributed by atoms with Crippen molar-refractivity contribution in [3.05, 3.63) is 35.4 Å². The van der Waals surface area contributed by atoms with Crippen LogP contribution in [-0.2, 0) is 13.0 Å². The molecule has 0 aromatic heterocycles. The Balaban J connectivity index is 1.65. The van der Waals surface area contributed by atoms with E-state index in [1.807, 2.05) is 0 Å². The molecule has 0 aliphatic carbocycles. The predicted octanol–water partition coefficient (Wildman–Crippen LogP) is 3.12. The molecule has 1 heterocycles. The Bertz CT molecular complexity index is 350. The van der Waals surface area contributed by atoms with Crippen LogP contribution in [0.5, 0.6) is 0 Å². The Kier molecular flexibility index (Phi) is 5.87. The summed E-state index contributed by atoms with van der Waals surface area (Å²) in [6.45, 7) is 7.86. The zero-order chi connectivity index (χ0) is 13.5. The first-order valence-corrected chi connectivity index (χ1v) is 7.76. The summed E-state index contributed by atoms with van der Waals surface area (Å²) in [7, 11) is 0. The van der Waals surface area contributed by atoms with E-state index in [-0.39, 0.29) is 0 Å². The second-order valence-corrected chi connectivity index (χ2v) is 6.17. The first-order valence-electron chi connectivity index (χ1n) is 7.76. The molecule has 2 nitrogen and oxygen atoms in total. The van der Waals surface area contributed by atoms with Crippen molar-refractivity contribution in [1.29, 1.82) is 0 Å². The van der Waals surface area contributed by atoms with Gasteiger partial charge in [0, 0.05) is 12.6 Å². The molecule has 19 heavy (non-hydrogen) atoms. The average molecular weight is 260 g/mol. The lowest BCUT2D eigenvalue weighted by atomic mass is 10.0. The van der Waals surface area contributed by atoms with Gasteiger partial charge in [-0.1, -0.05) is 38.1 Å². The highest BCUT2D eigenvalue weighted by Crippen LogP contribution is 2.10. The fourth-order valence-corrected chi connectivity index (χ4v) is 2.78. The van der Waals surface area contributed by atoms with Crippen LogP contribution in [0.25, 0.3) is 0 Å². The second kappa shape index (κ2) is 7.66. The summed E-state index contributed by atoms with van der Waals surface area (Å²) >= 11 is 0. The fourth-order valence-electron chi connectivity index (χ4n) is 2.78. The van der Waals surface area contributed by atoms with E-state index < -0.39 is 0 Å². The van der Waals surface area contributed by atoms with Gasteiger partial charge >= 0.3 is 0 Å². The maximum absolute atomic E-state index is 3.55. The number of rotatable bonds is 7. The van der Waals surface area contributed by atoms with Gasteiger partial charge in [-0.25, -0.2) is 0 Å². The van der Waals surface area contributed by atoms with Crippen LogP contribution in [0.1, 0.15) is 44.2 Å². The van der Waals surface area contributed by atoms with Crippen LogP contribution in [0, 0.1) is 5.92 Å². The highest BCUT2D eigenvalue weighted by atomic mass is 14.9. The van der Waals surface area contributed by atoms with E-state index in [4.69, 9.17) is 0 Å². The predicted molar refractivity (Wildman–Crippen MR) is 82.3 cm³/mol. The molecule has 0 bridgehead atoms. The third-order valence-electron chi connectivity index (χ3n) is 3.83. The van der Waals surface area contributed by atoms with Gasteiger partial charge in [0.05, 0.1) is 0 Å². The highest BCUT2D eigenvalue weighted by Gasteiger charge is 2.12. The van der Waals surface area contributed by atoms with E-state index in [2.05, 4.69) is 48.7 Å². The Labute approximate surface area is 118 Å². The van der Waals surface area contributed by atoms with Crippen molar-refractivity contribution in [1.82, 2.24) is 10.6 Å². The second-order valence-electron chi connectivity index (χ2n) is 6.17. The first-order chi connectivity index (χ1) is 9.24. The van der Waals surface area contributed by atoms with Gasteiger partial charge in [-0.2, -0.15) is 0 Å². The summed E-state index contributed by atoms with van der Waals surface area (Å²) in [6.07, 6.45) is 5.14. The smallest absolute Gasteiger partial charge is 0.0205 e. The third-order valence-corrected chi connectivity index (χ3v) is 3.83. The largest absolute Gasteiger partial charge is 0.314 e. The molecule has 1 fully saturated rings. The fraction of sp³-hybridized carbons (Fsp3) is 0.647. The molecule has 1 unspecified atom stereocenters. The quantitative estimate of drug-likeness (QED) is 0.736. The van der Waals surface area contributed by atoms with Crippen molar-refractivity contribution in [2.45, 2.75) is 52.1 Å². The molecule has 1 saturated heterocycles. The van der Waals surface area contributed by atoms with Crippen molar-refractivity contribution in [2.75, 3.05) is 13.1 Å². The van der Waals surface area contributed by atoms with Crippen LogP contribution >= 0.6 is 0 Å². The Morgan fingerprint density at radius 2 is 1.95 bits per heavy atom. The molecule has 0 spiro atoms. The number of nitrogens with one attached hydrogen (secondary N) is 2. The minimum atomic E-state index is 0.739. The third kappa shape index (κ3) is 5.33. The number of hydrogen-bond acceptors (Lipinski definition) is 2. The SMILES string of the molecule is CC(C)Cc1ccc(CNCCC2CCCN2)cc1. The molecule has 0 amide bonds. The van der Waals surface area contributed by atoms with E-state index in [1.54, 1.807) is 0 Å². The molecule has 2 N–H and O–H groups in total. The van der Waals surface area contributed by atoms with Gasteiger partial charge in [0.2, 0.25) is 0 Å². The monoisotopic (exact) mass is 260 g/mol. The van der Waals surface area contributed by atoms with Gasteiger partial charge in [0.15, 0.2) is 0 Å². The van der Waals surface area contributed by atoms with Crippen molar-refractivity contribution >= 4 is 0 Å². The standard InChI is InChI=1S/C17H28N2/c1-14(2)12-15-5-7-16(8-6-15)13-18-11-9-17-4-3-10-19-17/h5-8,14,17-19H,3-4,9-13H2,1-2H3. The van der Waals surface area contributed by atoms with Gasteiger partial charge in [0.25, 0.3) is 0 Å². The van der Waals surface area contributed by atoms with E-state index >= 15 is 0 Å². The Morgan fingerprint density at radius 3 is 2.58 bits per heavy atom. The summed E-state index contributed by atoms with van der Waals surface area (Å²) in [5, 5.41) is 7.09. The van der Waals surface area contributed by atoms with Gasteiger partial charge < -0.3 is 10.6 Å². The maximum Gasteiger partial charge on any atom is 0.0205 e. The topological polar surface area (TPSA) is 24.1 Å². The normalized spacial score (nSPS) is 19.2. The summed E-state index contributed by atoms with van der Waals surface area (Å²) in [5.74, 6) is 0.739. The molecule has 1 aliphatic rings. The minimum absolute atomic E-state index is 0.739. The summed E-state index contributed by atoms with van der Waals surface area (Å²) in [5.41, 5.74) is 2.85. The van der Waals surface area contributed by atoms with Gasteiger partial charge in [0.1, 0.15) is 0 Å². The molecule has 0 radical (unpaired) electrons. The van der Waals surface area contributed by atoms with Crippen LogP contribution < -0.4 is 10.6 Å². The minimum Gasteiger partial charge on any atom is -0.314 e. The van der Waals surface area contributed by atoms with Crippen molar-refractivity contribution in [3.8, 4) is 0 Å². The molecule has 1 aromatic carbocycles. The summed E-state index contributed by atoms with van der Waals surface area (Å²) in [6, 6.07) is 9.82. The summed E-state index contributed by atoms with van der Waals surface area (Å²) in [4.78, 5) is 0. The van der Waals surface area contributed by atoms with Crippen LogP contribution in [0.15, 0.2) is 24.3 Å². The zero-order valence-corrected chi connectivity index (χ0v) is 12.4. The average Bonchev–Trinajstić information content (AvgIpc) is 2.89. The lowest BCUT2D eigenvalue weighted by molar-refractivity contribution is 0.523. The van der Waals surface area contributed by atoms with Crippen molar-refractivity contribution < 1.29 is 0 Å². The molecule has 2 rings (SSSR count).